The van der Waals surface area contributed by atoms with Crippen molar-refractivity contribution in [3.05, 3.63) is 54.9 Å². The number of aromatic nitrogens is 5. The molecule has 5 rings (SSSR count). The van der Waals surface area contributed by atoms with Gasteiger partial charge in [-0.1, -0.05) is 11.3 Å². The van der Waals surface area contributed by atoms with Crippen molar-refractivity contribution in [2.24, 2.45) is 7.05 Å². The van der Waals surface area contributed by atoms with E-state index in [9.17, 15) is 0 Å². The van der Waals surface area contributed by atoms with Gasteiger partial charge in [-0.25, -0.2) is 9.67 Å². The minimum Gasteiger partial charge on any atom is -0.492 e. The Bertz CT molecular complexity index is 1130. The minimum absolute atomic E-state index is 0.669. The fourth-order valence-corrected chi connectivity index (χ4v) is 3.77. The van der Waals surface area contributed by atoms with E-state index in [4.69, 9.17) is 9.47 Å². The first-order chi connectivity index (χ1) is 14.8. The molecule has 8 nitrogen and oxygen atoms in total. The summed E-state index contributed by atoms with van der Waals surface area (Å²) in [5, 5.41) is 8.48. The van der Waals surface area contributed by atoms with Crippen LogP contribution in [0.3, 0.4) is 0 Å². The average Bonchev–Trinajstić information content (AvgIpc) is 3.42. The van der Waals surface area contributed by atoms with E-state index in [0.29, 0.717) is 6.61 Å². The molecule has 2 aromatic carbocycles. The molecule has 8 heteroatoms. The lowest BCUT2D eigenvalue weighted by Crippen LogP contribution is -2.38. The van der Waals surface area contributed by atoms with Crippen molar-refractivity contribution in [2.75, 3.05) is 39.5 Å². The Morgan fingerprint density at radius 2 is 1.90 bits per heavy atom. The summed E-state index contributed by atoms with van der Waals surface area (Å²) in [6.45, 7) is 5.15. The summed E-state index contributed by atoms with van der Waals surface area (Å²) in [6.07, 6.45) is 3.75. The molecule has 0 radical (unpaired) electrons. The molecule has 0 bridgehead atoms. The molecule has 1 fully saturated rings. The molecule has 2 aromatic heterocycles. The maximum Gasteiger partial charge on any atom is 0.144 e. The Morgan fingerprint density at radius 1 is 1.07 bits per heavy atom. The van der Waals surface area contributed by atoms with Crippen LogP contribution in [0.5, 0.6) is 5.75 Å². The summed E-state index contributed by atoms with van der Waals surface area (Å²) >= 11 is 0. The van der Waals surface area contributed by atoms with Crippen molar-refractivity contribution in [1.29, 1.82) is 0 Å². The molecule has 3 heterocycles. The molecule has 0 unspecified atom stereocenters. The van der Waals surface area contributed by atoms with E-state index in [0.717, 1.165) is 66.7 Å². The van der Waals surface area contributed by atoms with Gasteiger partial charge in [-0.2, -0.15) is 0 Å². The highest BCUT2D eigenvalue weighted by Gasteiger charge is 2.14. The van der Waals surface area contributed by atoms with Gasteiger partial charge in [-0.05, 0) is 36.4 Å². The topological polar surface area (TPSA) is 70.2 Å². The summed E-state index contributed by atoms with van der Waals surface area (Å²) in [5.74, 6) is 1.72. The molecule has 0 spiro atoms. The predicted octanol–water partition coefficient (Wildman–Crippen LogP) is 2.53. The summed E-state index contributed by atoms with van der Waals surface area (Å²) in [5.41, 5.74) is 3.80. The Balaban J connectivity index is 1.33. The van der Waals surface area contributed by atoms with Gasteiger partial charge in [0.15, 0.2) is 0 Å². The molecular formula is C22H24N6O2. The second-order valence-electron chi connectivity index (χ2n) is 7.31. The predicted molar refractivity (Wildman–Crippen MR) is 114 cm³/mol. The van der Waals surface area contributed by atoms with Gasteiger partial charge in [0.2, 0.25) is 0 Å². The van der Waals surface area contributed by atoms with Crippen LogP contribution in [0, 0.1) is 0 Å². The van der Waals surface area contributed by atoms with E-state index in [1.54, 1.807) is 10.9 Å². The van der Waals surface area contributed by atoms with Gasteiger partial charge in [0, 0.05) is 44.6 Å². The fourth-order valence-electron chi connectivity index (χ4n) is 3.77. The van der Waals surface area contributed by atoms with Gasteiger partial charge in [-0.15, -0.1) is 5.10 Å². The molecule has 0 aliphatic carbocycles. The SMILES string of the molecule is Cn1nnc2c(-n3ccnc3-c3ccc(OCCN4CCOCC4)cc3)cccc21. The van der Waals surface area contributed by atoms with Crippen molar-refractivity contribution in [1.82, 2.24) is 29.4 Å². The summed E-state index contributed by atoms with van der Waals surface area (Å²) in [4.78, 5) is 6.94. The third-order valence-electron chi connectivity index (χ3n) is 5.41. The van der Waals surface area contributed by atoms with Crippen molar-refractivity contribution in [3.8, 4) is 22.8 Å². The van der Waals surface area contributed by atoms with E-state index < -0.39 is 0 Å². The lowest BCUT2D eigenvalue weighted by molar-refractivity contribution is 0.0322. The molecule has 0 N–H and O–H groups in total. The molecule has 0 atom stereocenters. The number of fused-ring (bicyclic) bond motifs is 1. The minimum atomic E-state index is 0.669. The van der Waals surface area contributed by atoms with Gasteiger partial charge in [0.25, 0.3) is 0 Å². The Hall–Kier alpha value is -3.23. The van der Waals surface area contributed by atoms with Crippen LogP contribution in [0.2, 0.25) is 0 Å². The highest BCUT2D eigenvalue weighted by molar-refractivity contribution is 5.84. The third kappa shape index (κ3) is 3.67. The third-order valence-corrected chi connectivity index (χ3v) is 5.41. The van der Waals surface area contributed by atoms with Gasteiger partial charge >= 0.3 is 0 Å². The molecule has 0 amide bonds. The van der Waals surface area contributed by atoms with Crippen LogP contribution >= 0.6 is 0 Å². The van der Waals surface area contributed by atoms with Crippen LogP contribution in [-0.2, 0) is 11.8 Å². The zero-order chi connectivity index (χ0) is 20.3. The number of morpholine rings is 1. The summed E-state index contributed by atoms with van der Waals surface area (Å²) < 4.78 is 15.1. The van der Waals surface area contributed by atoms with E-state index in [-0.39, 0.29) is 0 Å². The first-order valence-corrected chi connectivity index (χ1v) is 10.1. The van der Waals surface area contributed by atoms with E-state index in [1.165, 1.54) is 0 Å². The van der Waals surface area contributed by atoms with Crippen molar-refractivity contribution in [2.45, 2.75) is 0 Å². The van der Waals surface area contributed by atoms with Crippen LogP contribution < -0.4 is 4.74 Å². The zero-order valence-corrected chi connectivity index (χ0v) is 16.9. The lowest BCUT2D eigenvalue weighted by Gasteiger charge is -2.26. The fraction of sp³-hybridized carbons (Fsp3) is 0.318. The number of hydrogen-bond acceptors (Lipinski definition) is 6. The van der Waals surface area contributed by atoms with E-state index in [1.807, 2.05) is 60.3 Å². The van der Waals surface area contributed by atoms with Crippen molar-refractivity contribution in [3.63, 3.8) is 0 Å². The van der Waals surface area contributed by atoms with Crippen LogP contribution in [-0.4, -0.2) is 68.9 Å². The van der Waals surface area contributed by atoms with Crippen molar-refractivity contribution < 1.29 is 9.47 Å². The number of ether oxygens (including phenoxy) is 2. The standard InChI is InChI=1S/C22H24N6O2/c1-26-19-3-2-4-20(21(19)24-25-26)28-10-9-23-22(28)17-5-7-18(8-6-17)30-16-13-27-11-14-29-15-12-27/h2-10H,11-16H2,1H3. The second kappa shape index (κ2) is 8.25. The summed E-state index contributed by atoms with van der Waals surface area (Å²) in [6, 6.07) is 14.1. The highest BCUT2D eigenvalue weighted by atomic mass is 16.5. The zero-order valence-electron chi connectivity index (χ0n) is 16.9. The van der Waals surface area contributed by atoms with Crippen LogP contribution in [0.4, 0.5) is 0 Å². The van der Waals surface area contributed by atoms with E-state index >= 15 is 0 Å². The Labute approximate surface area is 174 Å². The van der Waals surface area contributed by atoms with Gasteiger partial charge < -0.3 is 9.47 Å². The second-order valence-corrected chi connectivity index (χ2v) is 7.31. The Morgan fingerprint density at radius 3 is 2.73 bits per heavy atom. The normalized spacial score (nSPS) is 15.0. The number of imidazole rings is 1. The number of nitrogens with zero attached hydrogens (tertiary/aromatic N) is 6. The van der Waals surface area contributed by atoms with Crippen LogP contribution in [0.15, 0.2) is 54.9 Å². The molecule has 1 aliphatic heterocycles. The van der Waals surface area contributed by atoms with Gasteiger partial charge in [0.1, 0.15) is 23.7 Å². The molecular weight excluding hydrogens is 380 g/mol. The van der Waals surface area contributed by atoms with Gasteiger partial charge in [0.05, 0.1) is 24.4 Å². The molecule has 1 aliphatic rings. The van der Waals surface area contributed by atoms with Crippen LogP contribution in [0.1, 0.15) is 0 Å². The first-order valence-electron chi connectivity index (χ1n) is 10.1. The molecule has 0 saturated carbocycles. The maximum atomic E-state index is 5.93. The Kier molecular flexibility index (Phi) is 5.17. The van der Waals surface area contributed by atoms with Crippen molar-refractivity contribution >= 4 is 11.0 Å². The number of rotatable bonds is 6. The quantitative estimate of drug-likeness (QED) is 0.492. The van der Waals surface area contributed by atoms with Gasteiger partial charge in [-0.3, -0.25) is 9.47 Å². The number of hydrogen-bond donors (Lipinski definition) is 0. The van der Waals surface area contributed by atoms with Crippen LogP contribution in [0.25, 0.3) is 28.1 Å². The molecule has 1 saturated heterocycles. The smallest absolute Gasteiger partial charge is 0.144 e. The number of aryl methyl sites for hydroxylation is 1. The summed E-state index contributed by atoms with van der Waals surface area (Å²) in [7, 11) is 1.89. The van der Waals surface area contributed by atoms with E-state index in [2.05, 4.69) is 20.2 Å². The first kappa shape index (κ1) is 18.8. The highest BCUT2D eigenvalue weighted by Crippen LogP contribution is 2.27. The molecule has 4 aromatic rings. The largest absolute Gasteiger partial charge is 0.492 e. The maximum absolute atomic E-state index is 5.93. The lowest BCUT2D eigenvalue weighted by atomic mass is 10.2. The average molecular weight is 404 g/mol. The molecule has 30 heavy (non-hydrogen) atoms. The molecule has 154 valence electrons. The monoisotopic (exact) mass is 404 g/mol. The number of benzene rings is 2.